The van der Waals surface area contributed by atoms with E-state index >= 15 is 0 Å². The molecule has 0 bridgehead atoms. The topological polar surface area (TPSA) is 84.2 Å². The molecule has 6 nitrogen and oxygen atoms in total. The van der Waals surface area contributed by atoms with Crippen LogP contribution in [0.4, 0.5) is 10.2 Å². The predicted molar refractivity (Wildman–Crippen MR) is 64.2 cm³/mol. The maximum absolute atomic E-state index is 12.6. The fraction of sp³-hybridized carbons (Fsp3) is 0.0833. The van der Waals surface area contributed by atoms with Crippen LogP contribution in [0, 0.1) is 5.82 Å². The summed E-state index contributed by atoms with van der Waals surface area (Å²) in [6.07, 6.45) is 2.47. The molecule has 2 N–H and O–H groups in total. The van der Waals surface area contributed by atoms with Crippen LogP contribution in [0.15, 0.2) is 36.7 Å². The smallest absolute Gasteiger partial charge is 0.352 e. The van der Waals surface area contributed by atoms with Gasteiger partial charge in [0.2, 0.25) is 5.91 Å². The van der Waals surface area contributed by atoms with E-state index in [9.17, 15) is 14.0 Å². The number of pyridine rings is 1. The standard InChI is InChI=1S/C12H10FN3O3/c13-8-3-4-10(14-6-8)15-11(17)7-16-5-1-2-9(16)12(18)19/h1-6H,7H2,(H,18,19)(H,14,15,17). The number of rotatable bonds is 4. The van der Waals surface area contributed by atoms with E-state index in [-0.39, 0.29) is 18.1 Å². The number of carboxylic acid groups (broad SMARTS) is 1. The van der Waals surface area contributed by atoms with Gasteiger partial charge in [-0.05, 0) is 24.3 Å². The molecule has 1 amide bonds. The van der Waals surface area contributed by atoms with Crippen molar-refractivity contribution in [1.29, 1.82) is 0 Å². The van der Waals surface area contributed by atoms with Gasteiger partial charge in [0.1, 0.15) is 23.9 Å². The molecule has 0 saturated heterocycles. The van der Waals surface area contributed by atoms with Gasteiger partial charge in [0.25, 0.3) is 0 Å². The second kappa shape index (κ2) is 5.30. The third kappa shape index (κ3) is 3.15. The molecule has 19 heavy (non-hydrogen) atoms. The molecule has 2 rings (SSSR count). The lowest BCUT2D eigenvalue weighted by Crippen LogP contribution is -2.21. The predicted octanol–water partition coefficient (Wildman–Crippen LogP) is 1.36. The van der Waals surface area contributed by atoms with Crippen LogP contribution in [-0.2, 0) is 11.3 Å². The number of hydrogen-bond donors (Lipinski definition) is 2. The minimum atomic E-state index is -1.11. The molecule has 0 atom stereocenters. The summed E-state index contributed by atoms with van der Waals surface area (Å²) in [4.78, 5) is 26.2. The highest BCUT2D eigenvalue weighted by Gasteiger charge is 2.11. The van der Waals surface area contributed by atoms with Gasteiger partial charge in [-0.2, -0.15) is 0 Å². The van der Waals surface area contributed by atoms with E-state index in [1.54, 1.807) is 0 Å². The first-order chi connectivity index (χ1) is 9.06. The van der Waals surface area contributed by atoms with Crippen LogP contribution in [-0.4, -0.2) is 26.5 Å². The van der Waals surface area contributed by atoms with Gasteiger partial charge >= 0.3 is 5.97 Å². The Morgan fingerprint density at radius 1 is 1.37 bits per heavy atom. The van der Waals surface area contributed by atoms with Crippen molar-refractivity contribution >= 4 is 17.7 Å². The average molecular weight is 263 g/mol. The van der Waals surface area contributed by atoms with Gasteiger partial charge in [-0.1, -0.05) is 0 Å². The van der Waals surface area contributed by atoms with Gasteiger partial charge in [-0.3, -0.25) is 4.79 Å². The summed E-state index contributed by atoms with van der Waals surface area (Å²) in [5.41, 5.74) is 0.0159. The van der Waals surface area contributed by atoms with Crippen molar-refractivity contribution in [3.05, 3.63) is 48.2 Å². The Bertz CT molecular complexity index is 607. The minimum Gasteiger partial charge on any atom is -0.477 e. The van der Waals surface area contributed by atoms with Crippen LogP contribution in [0.3, 0.4) is 0 Å². The summed E-state index contributed by atoms with van der Waals surface area (Å²) in [5.74, 6) is -1.86. The van der Waals surface area contributed by atoms with E-state index in [0.717, 1.165) is 6.20 Å². The number of carbonyl (C=O) groups excluding carboxylic acids is 1. The number of amides is 1. The van der Waals surface area contributed by atoms with E-state index in [4.69, 9.17) is 5.11 Å². The fourth-order valence-corrected chi connectivity index (χ4v) is 1.53. The Hall–Kier alpha value is -2.70. The first-order valence-electron chi connectivity index (χ1n) is 5.36. The largest absolute Gasteiger partial charge is 0.477 e. The molecule has 2 aromatic rings. The third-order valence-electron chi connectivity index (χ3n) is 2.36. The van der Waals surface area contributed by atoms with Crippen LogP contribution in [0.25, 0.3) is 0 Å². The van der Waals surface area contributed by atoms with Gasteiger partial charge in [-0.25, -0.2) is 14.2 Å². The van der Waals surface area contributed by atoms with Crippen LogP contribution < -0.4 is 5.32 Å². The quantitative estimate of drug-likeness (QED) is 0.872. The zero-order valence-electron chi connectivity index (χ0n) is 9.71. The van der Waals surface area contributed by atoms with Crippen LogP contribution in [0.5, 0.6) is 0 Å². The number of aromatic nitrogens is 2. The van der Waals surface area contributed by atoms with E-state index in [2.05, 4.69) is 10.3 Å². The number of nitrogens with one attached hydrogen (secondary N) is 1. The Morgan fingerprint density at radius 3 is 2.79 bits per heavy atom. The van der Waals surface area contributed by atoms with Crippen molar-refractivity contribution < 1.29 is 19.1 Å². The van der Waals surface area contributed by atoms with E-state index in [1.165, 1.54) is 35.0 Å². The molecule has 0 radical (unpaired) electrons. The molecule has 7 heteroatoms. The van der Waals surface area contributed by atoms with Crippen molar-refractivity contribution in [3.8, 4) is 0 Å². The van der Waals surface area contributed by atoms with E-state index in [1.807, 2.05) is 0 Å². The minimum absolute atomic E-state index is 0.0159. The van der Waals surface area contributed by atoms with E-state index < -0.39 is 17.7 Å². The highest BCUT2D eigenvalue weighted by atomic mass is 19.1. The summed E-state index contributed by atoms with van der Waals surface area (Å²) < 4.78 is 13.9. The van der Waals surface area contributed by atoms with Crippen molar-refractivity contribution in [1.82, 2.24) is 9.55 Å². The molecule has 0 fully saturated rings. The molecule has 0 spiro atoms. The Balaban J connectivity index is 2.03. The second-order valence-electron chi connectivity index (χ2n) is 3.74. The zero-order chi connectivity index (χ0) is 13.8. The number of anilines is 1. The van der Waals surface area contributed by atoms with Crippen LogP contribution in [0.1, 0.15) is 10.5 Å². The average Bonchev–Trinajstić information content (AvgIpc) is 2.80. The van der Waals surface area contributed by atoms with Gasteiger partial charge in [0.05, 0.1) is 6.20 Å². The summed E-state index contributed by atoms with van der Waals surface area (Å²) in [6, 6.07) is 5.42. The maximum Gasteiger partial charge on any atom is 0.352 e. The number of halogens is 1. The van der Waals surface area contributed by atoms with Crippen LogP contribution in [0.2, 0.25) is 0 Å². The monoisotopic (exact) mass is 263 g/mol. The first-order valence-corrected chi connectivity index (χ1v) is 5.36. The fourth-order valence-electron chi connectivity index (χ4n) is 1.53. The zero-order valence-corrected chi connectivity index (χ0v) is 9.71. The Kier molecular flexibility index (Phi) is 3.56. The van der Waals surface area contributed by atoms with Gasteiger partial charge in [-0.15, -0.1) is 0 Å². The van der Waals surface area contributed by atoms with Gasteiger partial charge in [0, 0.05) is 6.20 Å². The summed E-state index contributed by atoms with van der Waals surface area (Å²) >= 11 is 0. The van der Waals surface area contributed by atoms with Crippen molar-refractivity contribution in [3.63, 3.8) is 0 Å². The number of carboxylic acids is 1. The molecule has 2 heterocycles. The number of nitrogens with zero attached hydrogens (tertiary/aromatic N) is 2. The Morgan fingerprint density at radius 2 is 2.16 bits per heavy atom. The third-order valence-corrected chi connectivity index (χ3v) is 2.36. The highest BCUT2D eigenvalue weighted by molar-refractivity contribution is 5.91. The lowest BCUT2D eigenvalue weighted by Gasteiger charge is -2.07. The highest BCUT2D eigenvalue weighted by Crippen LogP contribution is 2.06. The number of aromatic carboxylic acids is 1. The number of hydrogen-bond acceptors (Lipinski definition) is 3. The van der Waals surface area contributed by atoms with Crippen molar-refractivity contribution in [2.45, 2.75) is 6.54 Å². The molecule has 0 aliphatic heterocycles. The van der Waals surface area contributed by atoms with Crippen molar-refractivity contribution in [2.75, 3.05) is 5.32 Å². The van der Waals surface area contributed by atoms with Gasteiger partial charge < -0.3 is 15.0 Å². The first kappa shape index (κ1) is 12.7. The lowest BCUT2D eigenvalue weighted by molar-refractivity contribution is -0.116. The molecule has 98 valence electrons. The normalized spacial score (nSPS) is 10.2. The summed E-state index contributed by atoms with van der Waals surface area (Å²) in [5, 5.41) is 11.3. The Labute approximate surface area is 107 Å². The molecule has 0 unspecified atom stereocenters. The summed E-state index contributed by atoms with van der Waals surface area (Å²) in [7, 11) is 0. The number of carbonyl (C=O) groups is 2. The molecule has 0 aliphatic rings. The second-order valence-corrected chi connectivity index (χ2v) is 3.74. The summed E-state index contributed by atoms with van der Waals surface area (Å²) in [6.45, 7) is -0.159. The maximum atomic E-state index is 12.6. The molecule has 0 aromatic carbocycles. The van der Waals surface area contributed by atoms with Gasteiger partial charge in [0.15, 0.2) is 0 Å². The van der Waals surface area contributed by atoms with E-state index in [0.29, 0.717) is 0 Å². The molecule has 0 saturated carbocycles. The molecule has 2 aromatic heterocycles. The molecule has 0 aliphatic carbocycles. The van der Waals surface area contributed by atoms with Crippen molar-refractivity contribution in [2.24, 2.45) is 0 Å². The SMILES string of the molecule is O=C(Cn1cccc1C(=O)O)Nc1ccc(F)cn1. The molecular formula is C12H10FN3O3. The molecular weight excluding hydrogens is 253 g/mol. The lowest BCUT2D eigenvalue weighted by atomic mass is 10.4. The van der Waals surface area contributed by atoms with Crippen LogP contribution >= 0.6 is 0 Å².